The summed E-state index contributed by atoms with van der Waals surface area (Å²) >= 11 is 6.09. The molecule has 0 radical (unpaired) electrons. The van der Waals surface area contributed by atoms with Gasteiger partial charge in [0.15, 0.2) is 12.2 Å². The number of aromatic nitrogens is 1. The predicted octanol–water partition coefficient (Wildman–Crippen LogP) is 4.65. The summed E-state index contributed by atoms with van der Waals surface area (Å²) < 4.78 is 11.2. The summed E-state index contributed by atoms with van der Waals surface area (Å²) in [5.41, 5.74) is 3.18. The van der Waals surface area contributed by atoms with Crippen LogP contribution in [0.15, 0.2) is 77.2 Å². The fraction of sp³-hybridized carbons (Fsp3) is 0.192. The molecule has 4 aromatic rings. The van der Waals surface area contributed by atoms with E-state index in [0.717, 1.165) is 5.69 Å². The molecule has 0 unspecified atom stereocenters. The Hall–Kier alpha value is -3.84. The molecule has 1 aliphatic heterocycles. The minimum absolute atomic E-state index is 0.224. The predicted molar refractivity (Wildman–Crippen MR) is 130 cm³/mol. The third kappa shape index (κ3) is 4.61. The van der Waals surface area contributed by atoms with Gasteiger partial charge in [-0.15, -0.1) is 0 Å². The van der Waals surface area contributed by atoms with Gasteiger partial charge in [-0.2, -0.15) is 0 Å². The van der Waals surface area contributed by atoms with E-state index in [1.54, 1.807) is 29.2 Å². The topological polar surface area (TPSA) is 75.9 Å². The summed E-state index contributed by atoms with van der Waals surface area (Å²) in [6, 6.07) is 22.0. The first-order valence-corrected chi connectivity index (χ1v) is 11.4. The van der Waals surface area contributed by atoms with Gasteiger partial charge in [0, 0.05) is 36.9 Å². The molecule has 3 aromatic carbocycles. The lowest BCUT2D eigenvalue weighted by Gasteiger charge is -2.36. The van der Waals surface area contributed by atoms with Gasteiger partial charge in [0.2, 0.25) is 5.89 Å². The molecule has 8 heteroatoms. The number of rotatable bonds is 5. The monoisotopic (exact) mass is 475 g/mol. The van der Waals surface area contributed by atoms with E-state index in [4.69, 9.17) is 20.8 Å². The first kappa shape index (κ1) is 22.0. The number of carbonyl (C=O) groups excluding carboxylic acids is 2. The maximum atomic E-state index is 12.8. The van der Waals surface area contributed by atoms with Crippen LogP contribution in [0, 0.1) is 0 Å². The summed E-state index contributed by atoms with van der Waals surface area (Å²) in [6.45, 7) is 2.13. The second kappa shape index (κ2) is 9.57. The molecule has 0 N–H and O–H groups in total. The van der Waals surface area contributed by atoms with E-state index in [0.29, 0.717) is 59.3 Å². The van der Waals surface area contributed by atoms with Crippen molar-refractivity contribution in [1.29, 1.82) is 0 Å². The van der Waals surface area contributed by atoms with Gasteiger partial charge < -0.3 is 19.0 Å². The van der Waals surface area contributed by atoms with Crippen LogP contribution >= 0.6 is 11.6 Å². The fourth-order valence-electron chi connectivity index (χ4n) is 4.02. The molecule has 0 aliphatic carbocycles. The zero-order valence-corrected chi connectivity index (χ0v) is 19.1. The van der Waals surface area contributed by atoms with E-state index in [1.807, 2.05) is 48.5 Å². The van der Waals surface area contributed by atoms with Gasteiger partial charge in [-0.05, 0) is 42.5 Å². The Labute approximate surface area is 201 Å². The Morgan fingerprint density at radius 3 is 2.50 bits per heavy atom. The molecule has 2 heterocycles. The number of benzene rings is 3. The lowest BCUT2D eigenvalue weighted by Crippen LogP contribution is -2.49. The van der Waals surface area contributed by atoms with Gasteiger partial charge in [0.1, 0.15) is 5.52 Å². The minimum atomic E-state index is -0.594. The van der Waals surface area contributed by atoms with Crippen LogP contribution in [-0.4, -0.2) is 54.5 Å². The minimum Gasteiger partial charge on any atom is -0.452 e. The van der Waals surface area contributed by atoms with Gasteiger partial charge >= 0.3 is 5.97 Å². The first-order valence-electron chi connectivity index (χ1n) is 11.0. The van der Waals surface area contributed by atoms with Crippen LogP contribution in [-0.2, 0) is 9.53 Å². The lowest BCUT2D eigenvalue weighted by atomic mass is 10.1. The number of ether oxygens (including phenoxy) is 1. The van der Waals surface area contributed by atoms with Crippen molar-refractivity contribution in [2.75, 3.05) is 37.7 Å². The van der Waals surface area contributed by atoms with Crippen molar-refractivity contribution < 1.29 is 18.7 Å². The first-order chi connectivity index (χ1) is 16.6. The van der Waals surface area contributed by atoms with E-state index >= 15 is 0 Å². The molecule has 5 rings (SSSR count). The molecule has 1 fully saturated rings. The highest BCUT2D eigenvalue weighted by Crippen LogP contribution is 2.27. The standard InChI is InChI=1S/C26H22ClN3O4/c27-18-6-5-7-19(16-18)29-12-14-30(15-13-29)24(31)17-33-26(32)21-9-2-1-8-20(21)25-28-22-10-3-4-11-23(22)34-25/h1-11,16H,12-15,17H2. The fourth-order valence-corrected chi connectivity index (χ4v) is 4.20. The Kier molecular flexibility index (Phi) is 6.18. The van der Waals surface area contributed by atoms with Crippen molar-refractivity contribution in [3.63, 3.8) is 0 Å². The number of esters is 1. The van der Waals surface area contributed by atoms with Crippen LogP contribution in [0.3, 0.4) is 0 Å². The van der Waals surface area contributed by atoms with Crippen LogP contribution in [0.25, 0.3) is 22.6 Å². The molecular formula is C26H22ClN3O4. The summed E-state index contributed by atoms with van der Waals surface area (Å²) in [5.74, 6) is -0.487. The number of halogens is 1. The number of hydrogen-bond donors (Lipinski definition) is 0. The number of carbonyl (C=O) groups is 2. The molecule has 1 amide bonds. The van der Waals surface area contributed by atoms with Crippen LogP contribution in [0.2, 0.25) is 5.02 Å². The zero-order valence-electron chi connectivity index (χ0n) is 18.3. The average Bonchev–Trinajstić information content (AvgIpc) is 3.31. The molecule has 0 bridgehead atoms. The van der Waals surface area contributed by atoms with E-state index < -0.39 is 5.97 Å². The van der Waals surface area contributed by atoms with Gasteiger partial charge in [-0.3, -0.25) is 4.79 Å². The molecule has 172 valence electrons. The maximum absolute atomic E-state index is 12.8. The lowest BCUT2D eigenvalue weighted by molar-refractivity contribution is -0.134. The highest BCUT2D eigenvalue weighted by atomic mass is 35.5. The Morgan fingerprint density at radius 2 is 1.71 bits per heavy atom. The van der Waals surface area contributed by atoms with E-state index in [2.05, 4.69) is 9.88 Å². The van der Waals surface area contributed by atoms with E-state index in [9.17, 15) is 9.59 Å². The molecule has 1 saturated heterocycles. The SMILES string of the molecule is O=C(OCC(=O)N1CCN(c2cccc(Cl)c2)CC1)c1ccccc1-c1nc2ccccc2o1. The molecule has 7 nitrogen and oxygen atoms in total. The summed E-state index contributed by atoms with van der Waals surface area (Å²) in [4.78, 5) is 33.9. The molecule has 1 aliphatic rings. The van der Waals surface area contributed by atoms with Gasteiger partial charge in [-0.25, -0.2) is 9.78 Å². The molecule has 1 aromatic heterocycles. The van der Waals surface area contributed by atoms with Crippen molar-refractivity contribution >= 4 is 40.3 Å². The highest BCUT2D eigenvalue weighted by Gasteiger charge is 2.24. The van der Waals surface area contributed by atoms with Crippen molar-refractivity contribution in [2.45, 2.75) is 0 Å². The molecule has 0 spiro atoms. The normalized spacial score (nSPS) is 13.8. The molecular weight excluding hydrogens is 454 g/mol. The molecule has 34 heavy (non-hydrogen) atoms. The zero-order chi connectivity index (χ0) is 23.5. The van der Waals surface area contributed by atoms with Crippen LogP contribution in [0.4, 0.5) is 5.69 Å². The van der Waals surface area contributed by atoms with Gasteiger partial charge in [-0.1, -0.05) is 41.9 Å². The average molecular weight is 476 g/mol. The third-order valence-electron chi connectivity index (χ3n) is 5.80. The number of anilines is 1. The Morgan fingerprint density at radius 1 is 0.941 bits per heavy atom. The largest absolute Gasteiger partial charge is 0.452 e. The number of fused-ring (bicyclic) bond motifs is 1. The third-order valence-corrected chi connectivity index (χ3v) is 6.04. The molecule has 0 saturated carbocycles. The van der Waals surface area contributed by atoms with Crippen LogP contribution < -0.4 is 4.90 Å². The maximum Gasteiger partial charge on any atom is 0.339 e. The van der Waals surface area contributed by atoms with Gasteiger partial charge in [0.05, 0.1) is 11.1 Å². The Bertz CT molecular complexity index is 1310. The number of amides is 1. The van der Waals surface area contributed by atoms with E-state index in [1.165, 1.54) is 0 Å². The number of nitrogens with zero attached hydrogens (tertiary/aromatic N) is 3. The smallest absolute Gasteiger partial charge is 0.339 e. The quantitative estimate of drug-likeness (QED) is 0.391. The number of piperazine rings is 1. The number of para-hydroxylation sites is 2. The Balaban J connectivity index is 1.21. The summed E-state index contributed by atoms with van der Waals surface area (Å²) in [6.07, 6.45) is 0. The van der Waals surface area contributed by atoms with Crippen molar-refractivity contribution in [1.82, 2.24) is 9.88 Å². The second-order valence-electron chi connectivity index (χ2n) is 7.96. The number of oxazole rings is 1. The molecule has 0 atom stereocenters. The van der Waals surface area contributed by atoms with E-state index in [-0.39, 0.29) is 12.5 Å². The summed E-state index contributed by atoms with van der Waals surface area (Å²) in [5, 5.41) is 0.682. The number of hydrogen-bond acceptors (Lipinski definition) is 6. The van der Waals surface area contributed by atoms with Crippen molar-refractivity contribution in [3.8, 4) is 11.5 Å². The second-order valence-corrected chi connectivity index (χ2v) is 8.39. The summed E-state index contributed by atoms with van der Waals surface area (Å²) in [7, 11) is 0. The van der Waals surface area contributed by atoms with Gasteiger partial charge in [0.25, 0.3) is 5.91 Å². The highest BCUT2D eigenvalue weighted by molar-refractivity contribution is 6.30. The van der Waals surface area contributed by atoms with Crippen molar-refractivity contribution in [2.24, 2.45) is 0 Å². The van der Waals surface area contributed by atoms with Crippen molar-refractivity contribution in [3.05, 3.63) is 83.4 Å². The van der Waals surface area contributed by atoms with Crippen LogP contribution in [0.1, 0.15) is 10.4 Å². The van der Waals surface area contributed by atoms with Crippen LogP contribution in [0.5, 0.6) is 0 Å².